The van der Waals surface area contributed by atoms with Gasteiger partial charge in [-0.25, -0.2) is 8.42 Å². The third-order valence-electron chi connectivity index (χ3n) is 3.67. The zero-order chi connectivity index (χ0) is 19.3. The van der Waals surface area contributed by atoms with Crippen LogP contribution in [-0.2, 0) is 14.8 Å². The molecule has 0 heterocycles. The average Bonchev–Trinajstić information content (AvgIpc) is 2.59. The summed E-state index contributed by atoms with van der Waals surface area (Å²) in [5, 5.41) is 2.78. The molecule has 2 aromatic carbocycles. The molecule has 0 spiro atoms. The number of nitrogens with zero attached hydrogens (tertiary/aromatic N) is 1. The molecule has 1 amide bonds. The molecule has 1 N–H and O–H groups in total. The maximum atomic E-state index is 12.5. The van der Waals surface area contributed by atoms with Gasteiger partial charge in [-0.1, -0.05) is 18.2 Å². The van der Waals surface area contributed by atoms with E-state index in [1.54, 1.807) is 18.2 Å². The van der Waals surface area contributed by atoms with E-state index in [4.69, 9.17) is 4.74 Å². The van der Waals surface area contributed by atoms with E-state index in [2.05, 4.69) is 5.32 Å². The fourth-order valence-corrected chi connectivity index (χ4v) is 3.85. The van der Waals surface area contributed by atoms with Crippen LogP contribution in [-0.4, -0.2) is 40.5 Å². The first-order chi connectivity index (χ1) is 12.3. The van der Waals surface area contributed by atoms with Crippen molar-refractivity contribution in [1.82, 2.24) is 0 Å². The summed E-state index contributed by atoms with van der Waals surface area (Å²) in [6.07, 6.45) is 2.98. The van der Waals surface area contributed by atoms with Crippen molar-refractivity contribution >= 4 is 39.1 Å². The molecule has 0 saturated heterocycles. The smallest absolute Gasteiger partial charge is 0.245 e. The fourth-order valence-electron chi connectivity index (χ4n) is 2.44. The van der Waals surface area contributed by atoms with Gasteiger partial charge in [-0.3, -0.25) is 9.10 Å². The predicted molar refractivity (Wildman–Crippen MR) is 107 cm³/mol. The van der Waals surface area contributed by atoms with Crippen LogP contribution in [0, 0.1) is 6.92 Å². The van der Waals surface area contributed by atoms with Gasteiger partial charge in [0, 0.05) is 4.90 Å². The number of hydrogen-bond donors (Lipinski definition) is 1. The van der Waals surface area contributed by atoms with Crippen molar-refractivity contribution in [3.05, 3.63) is 48.0 Å². The number of carbonyl (C=O) groups excluding carboxylic acids is 1. The van der Waals surface area contributed by atoms with E-state index in [9.17, 15) is 13.2 Å². The van der Waals surface area contributed by atoms with E-state index in [0.717, 1.165) is 21.0 Å². The molecule has 0 unspecified atom stereocenters. The molecule has 0 fully saturated rings. The lowest BCUT2D eigenvalue weighted by Crippen LogP contribution is -2.37. The third kappa shape index (κ3) is 4.92. The normalized spacial score (nSPS) is 11.1. The Balaban J connectivity index is 2.32. The van der Waals surface area contributed by atoms with E-state index in [1.165, 1.54) is 18.9 Å². The summed E-state index contributed by atoms with van der Waals surface area (Å²) in [6, 6.07) is 12.5. The number of rotatable bonds is 7. The van der Waals surface area contributed by atoms with E-state index in [0.29, 0.717) is 17.1 Å². The van der Waals surface area contributed by atoms with Gasteiger partial charge in [0.1, 0.15) is 12.3 Å². The maximum Gasteiger partial charge on any atom is 0.245 e. The Labute approximate surface area is 158 Å². The first kappa shape index (κ1) is 20.1. The number of nitrogens with one attached hydrogen (secondary N) is 1. The number of para-hydroxylation sites is 1. The molecule has 140 valence electrons. The minimum atomic E-state index is -3.68. The van der Waals surface area contributed by atoms with Gasteiger partial charge in [-0.05, 0) is 43.0 Å². The van der Waals surface area contributed by atoms with Crippen molar-refractivity contribution in [3.8, 4) is 5.75 Å². The second kappa shape index (κ2) is 8.46. The Kier molecular flexibility index (Phi) is 6.55. The monoisotopic (exact) mass is 394 g/mol. The van der Waals surface area contributed by atoms with Gasteiger partial charge < -0.3 is 10.1 Å². The molecule has 0 aliphatic heterocycles. The number of carbonyl (C=O) groups is 1. The number of thioether (sulfide) groups is 1. The van der Waals surface area contributed by atoms with E-state index >= 15 is 0 Å². The summed E-state index contributed by atoms with van der Waals surface area (Å²) in [5.41, 5.74) is 1.85. The van der Waals surface area contributed by atoms with Crippen LogP contribution in [0.15, 0.2) is 47.4 Å². The highest BCUT2D eigenvalue weighted by Crippen LogP contribution is 2.31. The molecule has 0 bridgehead atoms. The number of aryl methyl sites for hydroxylation is 1. The van der Waals surface area contributed by atoms with E-state index in [-0.39, 0.29) is 6.54 Å². The van der Waals surface area contributed by atoms with E-state index < -0.39 is 15.9 Å². The zero-order valence-electron chi connectivity index (χ0n) is 15.1. The summed E-state index contributed by atoms with van der Waals surface area (Å²) in [7, 11) is -2.22. The topological polar surface area (TPSA) is 75.7 Å². The Morgan fingerprint density at radius 1 is 1.23 bits per heavy atom. The number of ether oxygens (including phenoxy) is 1. The molecule has 0 aliphatic carbocycles. The van der Waals surface area contributed by atoms with Crippen LogP contribution in [0.2, 0.25) is 0 Å². The van der Waals surface area contributed by atoms with Gasteiger partial charge in [-0.2, -0.15) is 0 Å². The first-order valence-electron chi connectivity index (χ1n) is 7.81. The summed E-state index contributed by atoms with van der Waals surface area (Å²) >= 11 is 1.50. The number of sulfonamides is 1. The lowest BCUT2D eigenvalue weighted by Gasteiger charge is -2.24. The van der Waals surface area contributed by atoms with Gasteiger partial charge >= 0.3 is 0 Å². The maximum absolute atomic E-state index is 12.5. The minimum absolute atomic E-state index is 0.336. The van der Waals surface area contributed by atoms with Crippen LogP contribution in [0.1, 0.15) is 5.56 Å². The highest BCUT2D eigenvalue weighted by molar-refractivity contribution is 7.98. The summed E-state index contributed by atoms with van der Waals surface area (Å²) < 4.78 is 30.9. The Hall–Kier alpha value is -2.19. The molecule has 26 heavy (non-hydrogen) atoms. The second-order valence-corrected chi connectivity index (χ2v) is 8.45. The lowest BCUT2D eigenvalue weighted by molar-refractivity contribution is -0.114. The van der Waals surface area contributed by atoms with Crippen molar-refractivity contribution < 1.29 is 17.9 Å². The number of benzene rings is 2. The van der Waals surface area contributed by atoms with Crippen LogP contribution in [0.4, 0.5) is 11.4 Å². The van der Waals surface area contributed by atoms with Crippen LogP contribution in [0.5, 0.6) is 5.75 Å². The highest BCUT2D eigenvalue weighted by atomic mass is 32.2. The zero-order valence-corrected chi connectivity index (χ0v) is 16.8. The van der Waals surface area contributed by atoms with Crippen molar-refractivity contribution in [2.45, 2.75) is 11.8 Å². The first-order valence-corrected chi connectivity index (χ1v) is 10.9. The van der Waals surface area contributed by atoms with Crippen LogP contribution in [0.25, 0.3) is 0 Å². The molecule has 0 aliphatic rings. The van der Waals surface area contributed by atoms with Crippen molar-refractivity contribution in [2.75, 3.05) is 35.8 Å². The number of amides is 1. The molecule has 2 aromatic rings. The average molecular weight is 395 g/mol. The minimum Gasteiger partial charge on any atom is -0.495 e. The van der Waals surface area contributed by atoms with Crippen LogP contribution < -0.4 is 14.4 Å². The standard InChI is InChI=1S/C18H22N2O4S2/c1-13-9-10-16(24-2)15(11-13)20(26(4,22)23)12-18(21)19-14-7-5-6-8-17(14)25-3/h5-11H,12H2,1-4H3,(H,19,21). The Morgan fingerprint density at radius 2 is 1.92 bits per heavy atom. The molecule has 0 atom stereocenters. The van der Waals surface area contributed by atoms with Gasteiger partial charge in [-0.15, -0.1) is 11.8 Å². The van der Waals surface area contributed by atoms with Crippen LogP contribution >= 0.6 is 11.8 Å². The lowest BCUT2D eigenvalue weighted by atomic mass is 10.2. The number of hydrogen-bond acceptors (Lipinski definition) is 5. The molecular formula is C18H22N2O4S2. The molecule has 0 aromatic heterocycles. The molecule has 0 radical (unpaired) electrons. The third-order valence-corrected chi connectivity index (χ3v) is 5.59. The van der Waals surface area contributed by atoms with Gasteiger partial charge in [0.25, 0.3) is 0 Å². The summed E-state index contributed by atoms with van der Waals surface area (Å²) in [5.74, 6) is -0.0428. The fraction of sp³-hybridized carbons (Fsp3) is 0.278. The summed E-state index contributed by atoms with van der Waals surface area (Å²) in [4.78, 5) is 13.4. The molecule has 8 heteroatoms. The van der Waals surface area contributed by atoms with Crippen molar-refractivity contribution in [2.24, 2.45) is 0 Å². The van der Waals surface area contributed by atoms with E-state index in [1.807, 2.05) is 37.4 Å². The second-order valence-electron chi connectivity index (χ2n) is 5.69. The number of anilines is 2. The Bertz CT molecular complexity index is 898. The predicted octanol–water partition coefficient (Wildman–Crippen LogP) is 3.13. The largest absolute Gasteiger partial charge is 0.495 e. The van der Waals surface area contributed by atoms with Crippen molar-refractivity contribution in [3.63, 3.8) is 0 Å². The highest BCUT2D eigenvalue weighted by Gasteiger charge is 2.24. The summed E-state index contributed by atoms with van der Waals surface area (Å²) in [6.45, 7) is 1.50. The number of methoxy groups -OCH3 is 1. The SMILES string of the molecule is COc1ccc(C)cc1N(CC(=O)Nc1ccccc1SC)S(C)(=O)=O. The van der Waals surface area contributed by atoms with Gasteiger partial charge in [0.15, 0.2) is 0 Å². The molecule has 0 saturated carbocycles. The van der Waals surface area contributed by atoms with Gasteiger partial charge in [0.2, 0.25) is 15.9 Å². The Morgan fingerprint density at radius 3 is 2.54 bits per heavy atom. The van der Waals surface area contributed by atoms with Crippen molar-refractivity contribution in [1.29, 1.82) is 0 Å². The van der Waals surface area contributed by atoms with Crippen LogP contribution in [0.3, 0.4) is 0 Å². The molecule has 2 rings (SSSR count). The van der Waals surface area contributed by atoms with Gasteiger partial charge in [0.05, 0.1) is 24.7 Å². The molecular weight excluding hydrogens is 372 g/mol. The quantitative estimate of drug-likeness (QED) is 0.730. The molecule has 6 nitrogen and oxygen atoms in total.